The van der Waals surface area contributed by atoms with Crippen molar-refractivity contribution < 1.29 is 17.4 Å². The number of carbonyl (C=O) groups is 1. The predicted octanol–water partition coefficient (Wildman–Crippen LogP) is 0.725. The van der Waals surface area contributed by atoms with E-state index in [9.17, 15) is 13.2 Å². The summed E-state index contributed by atoms with van der Waals surface area (Å²) in [5.41, 5.74) is 0.684. The average Bonchev–Trinajstić information content (AvgIpc) is 3.28. The third-order valence-corrected chi connectivity index (χ3v) is 4.97. The summed E-state index contributed by atoms with van der Waals surface area (Å²) in [5, 5.41) is 12.4. The van der Waals surface area contributed by atoms with Crippen molar-refractivity contribution in [2.45, 2.75) is 38.8 Å². The first-order valence-corrected chi connectivity index (χ1v) is 10.1. The lowest BCUT2D eigenvalue weighted by atomic mass is 10.1. The number of nitrogens with two attached hydrogens (primary N) is 1. The van der Waals surface area contributed by atoms with E-state index >= 15 is 0 Å². The first kappa shape index (κ1) is 19.4. The molecule has 2 aromatic rings. The van der Waals surface area contributed by atoms with E-state index in [1.807, 2.05) is 6.92 Å². The van der Waals surface area contributed by atoms with Crippen molar-refractivity contribution in [3.63, 3.8) is 0 Å². The zero-order chi connectivity index (χ0) is 19.4. The third kappa shape index (κ3) is 5.08. The van der Waals surface area contributed by atoms with Gasteiger partial charge in [0.2, 0.25) is 5.78 Å². The summed E-state index contributed by atoms with van der Waals surface area (Å²) >= 11 is 0. The molecule has 0 radical (unpaired) electrons. The highest BCUT2D eigenvalue weighted by Gasteiger charge is 2.28. The minimum absolute atomic E-state index is 0.0497. The van der Waals surface area contributed by atoms with Gasteiger partial charge in [0.15, 0.2) is 0 Å². The van der Waals surface area contributed by atoms with Gasteiger partial charge in [-0.3, -0.25) is 13.7 Å². The van der Waals surface area contributed by atoms with E-state index in [2.05, 4.69) is 24.6 Å². The molecule has 0 amide bonds. The predicted molar refractivity (Wildman–Crippen MR) is 97.2 cm³/mol. The van der Waals surface area contributed by atoms with Gasteiger partial charge >= 0.3 is 10.3 Å². The molecule has 1 saturated carbocycles. The summed E-state index contributed by atoms with van der Waals surface area (Å²) in [4.78, 5) is 20.9. The van der Waals surface area contributed by atoms with Gasteiger partial charge in [-0.25, -0.2) is 15.1 Å². The van der Waals surface area contributed by atoms with Crippen LogP contribution in [-0.4, -0.2) is 46.6 Å². The molecule has 3 rings (SSSR count). The Morgan fingerprint density at radius 2 is 2.26 bits per heavy atom. The lowest BCUT2D eigenvalue weighted by Gasteiger charge is -2.15. The summed E-state index contributed by atoms with van der Waals surface area (Å²) in [5.74, 6) is 0.263. The Bertz CT molecular complexity index is 913. The van der Waals surface area contributed by atoms with Crippen LogP contribution in [0.2, 0.25) is 0 Å². The van der Waals surface area contributed by atoms with E-state index in [1.54, 1.807) is 16.9 Å². The Morgan fingerprint density at radius 3 is 2.96 bits per heavy atom. The van der Waals surface area contributed by atoms with Gasteiger partial charge in [-0.05, 0) is 38.2 Å². The highest BCUT2D eigenvalue weighted by atomic mass is 32.2. The van der Waals surface area contributed by atoms with Crippen LogP contribution in [-0.2, 0) is 21.0 Å². The number of nitrogens with one attached hydrogen (secondary N) is 1. The average molecular weight is 394 g/mol. The Hall–Kier alpha value is -2.37. The Kier molecular flexibility index (Phi) is 5.82. The largest absolute Gasteiger partial charge is 0.367 e. The number of nitrogens with zero attached hydrogens (tertiary/aromatic N) is 4. The molecule has 0 aliphatic heterocycles. The van der Waals surface area contributed by atoms with Crippen molar-refractivity contribution in [3.8, 4) is 0 Å². The van der Waals surface area contributed by atoms with Gasteiger partial charge in [0.25, 0.3) is 0 Å². The number of hydrogen-bond donors (Lipinski definition) is 2. The first-order valence-electron chi connectivity index (χ1n) is 8.67. The maximum atomic E-state index is 12.8. The molecule has 3 N–H and O–H groups in total. The second-order valence-corrected chi connectivity index (χ2v) is 7.69. The number of rotatable bonds is 8. The minimum Gasteiger partial charge on any atom is -0.367 e. The van der Waals surface area contributed by atoms with Crippen molar-refractivity contribution >= 4 is 21.9 Å². The second kappa shape index (κ2) is 8.11. The topological polar surface area (TPSA) is 142 Å². The zero-order valence-corrected chi connectivity index (χ0v) is 15.7. The summed E-state index contributed by atoms with van der Waals surface area (Å²) in [7, 11) is -3.93. The van der Waals surface area contributed by atoms with Gasteiger partial charge in [-0.15, -0.1) is 0 Å². The van der Waals surface area contributed by atoms with Gasteiger partial charge in [-0.2, -0.15) is 13.5 Å². The van der Waals surface area contributed by atoms with Crippen LogP contribution in [0.1, 0.15) is 42.2 Å². The van der Waals surface area contributed by atoms with Crippen LogP contribution < -0.4 is 10.5 Å². The van der Waals surface area contributed by atoms with Crippen LogP contribution in [0.25, 0.3) is 0 Å². The van der Waals surface area contributed by atoms with E-state index < -0.39 is 10.3 Å². The fourth-order valence-corrected chi connectivity index (χ4v) is 3.53. The molecule has 0 aromatic carbocycles. The van der Waals surface area contributed by atoms with Gasteiger partial charge in [0.05, 0.1) is 12.2 Å². The molecule has 0 spiro atoms. The molecule has 0 saturated heterocycles. The Balaban J connectivity index is 1.67. The van der Waals surface area contributed by atoms with Crippen molar-refractivity contribution in [1.82, 2.24) is 19.7 Å². The molecule has 1 fully saturated rings. The molecule has 0 bridgehead atoms. The standard InChI is InChI=1S/C16H22N6O4S/c1-2-22-6-5-14(21-22)15(23)13-8-18-10-19-16(13)20-12-4-3-11(7-12)9-26-27(17,24)25/h5-6,8,10-12H,2-4,7,9H2,1H3,(H2,17,24,25)(H,18,19,20). The maximum Gasteiger partial charge on any atom is 0.333 e. The van der Waals surface area contributed by atoms with Gasteiger partial charge in [-0.1, -0.05) is 0 Å². The molecule has 2 aromatic heterocycles. The number of aryl methyl sites for hydroxylation is 1. The molecule has 1 aliphatic rings. The van der Waals surface area contributed by atoms with Crippen LogP contribution in [0.4, 0.5) is 5.82 Å². The summed E-state index contributed by atoms with van der Waals surface area (Å²) < 4.78 is 28.2. The highest BCUT2D eigenvalue weighted by Crippen LogP contribution is 2.29. The zero-order valence-electron chi connectivity index (χ0n) is 14.9. The molecule has 1 aliphatic carbocycles. The number of hydrogen-bond acceptors (Lipinski definition) is 8. The summed E-state index contributed by atoms with van der Waals surface area (Å²) in [6, 6.07) is 1.72. The normalized spacial score (nSPS) is 19.9. The maximum absolute atomic E-state index is 12.8. The van der Waals surface area contributed by atoms with Crippen LogP contribution >= 0.6 is 0 Å². The van der Waals surface area contributed by atoms with Crippen LogP contribution in [0.3, 0.4) is 0 Å². The van der Waals surface area contributed by atoms with E-state index in [-0.39, 0.29) is 24.3 Å². The number of ketones is 1. The molecule has 2 heterocycles. The van der Waals surface area contributed by atoms with Crippen molar-refractivity contribution in [1.29, 1.82) is 0 Å². The molecule has 27 heavy (non-hydrogen) atoms. The Morgan fingerprint density at radius 1 is 1.44 bits per heavy atom. The van der Waals surface area contributed by atoms with Crippen molar-refractivity contribution in [2.24, 2.45) is 11.1 Å². The van der Waals surface area contributed by atoms with Crippen LogP contribution in [0.15, 0.2) is 24.8 Å². The van der Waals surface area contributed by atoms with Gasteiger partial charge in [0.1, 0.15) is 17.8 Å². The number of anilines is 1. The van der Waals surface area contributed by atoms with Gasteiger partial charge < -0.3 is 5.32 Å². The SMILES string of the molecule is CCn1ccc(C(=O)c2cncnc2NC2CCC(COS(N)(=O)=O)C2)n1. The number of aromatic nitrogens is 4. The quantitative estimate of drug-likeness (QED) is 0.624. The van der Waals surface area contributed by atoms with Crippen molar-refractivity contribution in [3.05, 3.63) is 36.0 Å². The highest BCUT2D eigenvalue weighted by molar-refractivity contribution is 7.84. The molecular weight excluding hydrogens is 372 g/mol. The molecule has 2 atom stereocenters. The van der Waals surface area contributed by atoms with E-state index in [4.69, 9.17) is 5.14 Å². The number of carbonyl (C=O) groups excluding carboxylic acids is 1. The lowest BCUT2D eigenvalue weighted by Crippen LogP contribution is -2.22. The van der Waals surface area contributed by atoms with E-state index in [0.717, 1.165) is 12.8 Å². The first-order chi connectivity index (χ1) is 12.9. The fourth-order valence-electron chi connectivity index (χ4n) is 3.15. The van der Waals surface area contributed by atoms with Crippen LogP contribution in [0, 0.1) is 5.92 Å². The molecule has 146 valence electrons. The smallest absolute Gasteiger partial charge is 0.333 e. The summed E-state index contributed by atoms with van der Waals surface area (Å²) in [6.45, 7) is 2.67. The molecule has 2 unspecified atom stereocenters. The molecule has 11 heteroatoms. The van der Waals surface area contributed by atoms with E-state index in [1.165, 1.54) is 12.5 Å². The summed E-state index contributed by atoms with van der Waals surface area (Å²) in [6.07, 6.45) is 6.89. The van der Waals surface area contributed by atoms with Crippen molar-refractivity contribution in [2.75, 3.05) is 11.9 Å². The lowest BCUT2D eigenvalue weighted by molar-refractivity contribution is 0.103. The monoisotopic (exact) mass is 394 g/mol. The minimum atomic E-state index is -3.93. The molecule has 10 nitrogen and oxygen atoms in total. The van der Waals surface area contributed by atoms with E-state index in [0.29, 0.717) is 30.0 Å². The molecular formula is C16H22N6O4S. The third-order valence-electron chi connectivity index (χ3n) is 4.50. The Labute approximate surface area is 157 Å². The van der Waals surface area contributed by atoms with Crippen LogP contribution in [0.5, 0.6) is 0 Å². The second-order valence-electron chi connectivity index (χ2n) is 6.47. The van der Waals surface area contributed by atoms with Gasteiger partial charge in [0, 0.05) is 25.0 Å². The fraction of sp³-hybridized carbons (Fsp3) is 0.500.